The quantitative estimate of drug-likeness (QED) is 0.710. The van der Waals surface area contributed by atoms with Gasteiger partial charge in [0.05, 0.1) is 30.8 Å². The van der Waals surface area contributed by atoms with Crippen molar-refractivity contribution in [2.75, 3.05) is 13.2 Å². The van der Waals surface area contributed by atoms with Crippen LogP contribution in [0.15, 0.2) is 0 Å². The Kier molecular flexibility index (Phi) is 4.11. The summed E-state index contributed by atoms with van der Waals surface area (Å²) < 4.78 is 10.9. The fraction of sp³-hybridized carbons (Fsp3) is 0.909. The van der Waals surface area contributed by atoms with E-state index in [-0.39, 0.29) is 17.6 Å². The van der Waals surface area contributed by atoms with Gasteiger partial charge in [0.25, 0.3) is 0 Å². The minimum Gasteiger partial charge on any atom is -0.481 e. The van der Waals surface area contributed by atoms with Gasteiger partial charge >= 0.3 is 5.97 Å². The number of ether oxygens (including phenoxy) is 2. The van der Waals surface area contributed by atoms with Crippen molar-refractivity contribution in [1.82, 2.24) is 0 Å². The third-order valence-electron chi connectivity index (χ3n) is 2.48. The Morgan fingerprint density at radius 2 is 2.00 bits per heavy atom. The molecule has 1 N–H and O–H groups in total. The highest BCUT2D eigenvalue weighted by Crippen LogP contribution is 2.30. The third-order valence-corrected chi connectivity index (χ3v) is 2.48. The largest absolute Gasteiger partial charge is 0.481 e. The molecule has 1 fully saturated rings. The minimum absolute atomic E-state index is 0.105. The molecule has 0 aromatic rings. The molecular weight excluding hydrogens is 196 g/mol. The second-order valence-electron chi connectivity index (χ2n) is 4.89. The number of carboxylic acids is 1. The summed E-state index contributed by atoms with van der Waals surface area (Å²) >= 11 is 0. The predicted molar refractivity (Wildman–Crippen MR) is 55.8 cm³/mol. The molecule has 0 aromatic carbocycles. The number of hydrogen-bond donors (Lipinski definition) is 1. The Morgan fingerprint density at radius 1 is 1.33 bits per heavy atom. The molecule has 1 aliphatic rings. The summed E-state index contributed by atoms with van der Waals surface area (Å²) in [7, 11) is 0. The molecule has 0 amide bonds. The van der Waals surface area contributed by atoms with Crippen molar-refractivity contribution in [1.29, 1.82) is 0 Å². The van der Waals surface area contributed by atoms with Crippen molar-refractivity contribution in [3.8, 4) is 0 Å². The molecule has 0 heterocycles. The zero-order chi connectivity index (χ0) is 11.5. The average molecular weight is 216 g/mol. The first-order chi connectivity index (χ1) is 6.90. The van der Waals surface area contributed by atoms with Gasteiger partial charge in [0, 0.05) is 0 Å². The first-order valence-electron chi connectivity index (χ1n) is 5.38. The number of carboxylic acid groups (broad SMARTS) is 1. The summed E-state index contributed by atoms with van der Waals surface area (Å²) in [5.74, 6) is -1.05. The SMILES string of the molecule is CC(C)(C)OCCO[C@@H]1CC[C@H]1C(=O)O. The van der Waals surface area contributed by atoms with E-state index in [4.69, 9.17) is 14.6 Å². The normalized spacial score (nSPS) is 26.1. The lowest BCUT2D eigenvalue weighted by Crippen LogP contribution is -2.40. The molecule has 4 heteroatoms. The Morgan fingerprint density at radius 3 is 2.40 bits per heavy atom. The van der Waals surface area contributed by atoms with Crippen LogP contribution in [-0.2, 0) is 14.3 Å². The van der Waals surface area contributed by atoms with Gasteiger partial charge in [0.2, 0.25) is 0 Å². The summed E-state index contributed by atoms with van der Waals surface area (Å²) in [5.41, 5.74) is -0.158. The van der Waals surface area contributed by atoms with Crippen LogP contribution in [0.3, 0.4) is 0 Å². The summed E-state index contributed by atoms with van der Waals surface area (Å²) in [6.45, 7) is 6.95. The van der Waals surface area contributed by atoms with Crippen molar-refractivity contribution in [3.05, 3.63) is 0 Å². The van der Waals surface area contributed by atoms with E-state index in [1.165, 1.54) is 0 Å². The third kappa shape index (κ3) is 4.18. The van der Waals surface area contributed by atoms with Crippen molar-refractivity contribution >= 4 is 5.97 Å². The monoisotopic (exact) mass is 216 g/mol. The van der Waals surface area contributed by atoms with Gasteiger partial charge in [-0.2, -0.15) is 0 Å². The van der Waals surface area contributed by atoms with Crippen LogP contribution in [-0.4, -0.2) is 36.0 Å². The number of carbonyl (C=O) groups is 1. The van der Waals surface area contributed by atoms with Gasteiger partial charge in [-0.3, -0.25) is 4.79 Å². The van der Waals surface area contributed by atoms with Gasteiger partial charge in [-0.15, -0.1) is 0 Å². The van der Waals surface area contributed by atoms with Crippen LogP contribution < -0.4 is 0 Å². The van der Waals surface area contributed by atoms with Crippen LogP contribution in [0.1, 0.15) is 33.6 Å². The topological polar surface area (TPSA) is 55.8 Å². The van der Waals surface area contributed by atoms with E-state index in [1.807, 2.05) is 20.8 Å². The van der Waals surface area contributed by atoms with Crippen LogP contribution >= 0.6 is 0 Å². The second-order valence-corrected chi connectivity index (χ2v) is 4.89. The Bertz CT molecular complexity index is 219. The molecule has 2 atom stereocenters. The molecule has 0 aliphatic heterocycles. The van der Waals surface area contributed by atoms with Crippen LogP contribution in [0.2, 0.25) is 0 Å². The fourth-order valence-corrected chi connectivity index (χ4v) is 1.50. The van der Waals surface area contributed by atoms with E-state index in [0.29, 0.717) is 13.2 Å². The van der Waals surface area contributed by atoms with Gasteiger partial charge < -0.3 is 14.6 Å². The van der Waals surface area contributed by atoms with Crippen molar-refractivity contribution < 1.29 is 19.4 Å². The van der Waals surface area contributed by atoms with E-state index in [2.05, 4.69) is 0 Å². The minimum atomic E-state index is -0.747. The molecule has 1 saturated carbocycles. The highest BCUT2D eigenvalue weighted by atomic mass is 16.5. The Balaban J connectivity index is 2.09. The zero-order valence-electron chi connectivity index (χ0n) is 9.66. The number of aliphatic carboxylic acids is 1. The van der Waals surface area contributed by atoms with Crippen molar-refractivity contribution in [3.63, 3.8) is 0 Å². The highest BCUT2D eigenvalue weighted by molar-refractivity contribution is 5.71. The van der Waals surface area contributed by atoms with Crippen LogP contribution in [0.4, 0.5) is 0 Å². The maximum absolute atomic E-state index is 10.7. The molecule has 0 radical (unpaired) electrons. The lowest BCUT2D eigenvalue weighted by atomic mass is 9.82. The zero-order valence-corrected chi connectivity index (χ0v) is 9.66. The first-order valence-corrected chi connectivity index (χ1v) is 5.38. The standard InChI is InChI=1S/C11H20O4/c1-11(2,3)15-7-6-14-9-5-4-8(9)10(12)13/h8-9H,4-7H2,1-3H3,(H,12,13)/t8-,9-/m1/s1. The molecule has 1 rings (SSSR count). The second kappa shape index (κ2) is 4.94. The Labute approximate surface area is 90.6 Å². The van der Waals surface area contributed by atoms with E-state index < -0.39 is 5.97 Å². The van der Waals surface area contributed by atoms with Gasteiger partial charge in [0.15, 0.2) is 0 Å². The molecular formula is C11H20O4. The maximum Gasteiger partial charge on any atom is 0.309 e. The van der Waals surface area contributed by atoms with Crippen LogP contribution in [0.5, 0.6) is 0 Å². The molecule has 15 heavy (non-hydrogen) atoms. The smallest absolute Gasteiger partial charge is 0.309 e. The van der Waals surface area contributed by atoms with Crippen LogP contribution in [0, 0.1) is 5.92 Å². The van der Waals surface area contributed by atoms with Crippen molar-refractivity contribution in [2.24, 2.45) is 5.92 Å². The first kappa shape index (κ1) is 12.5. The number of hydrogen-bond acceptors (Lipinski definition) is 3. The van der Waals surface area contributed by atoms with Gasteiger partial charge in [0.1, 0.15) is 0 Å². The van der Waals surface area contributed by atoms with E-state index >= 15 is 0 Å². The Hall–Kier alpha value is -0.610. The molecule has 0 spiro atoms. The van der Waals surface area contributed by atoms with Crippen molar-refractivity contribution in [2.45, 2.75) is 45.3 Å². The summed E-state index contributed by atoms with van der Waals surface area (Å²) in [5, 5.41) is 8.78. The van der Waals surface area contributed by atoms with Crippen LogP contribution in [0.25, 0.3) is 0 Å². The summed E-state index contributed by atoms with van der Waals surface area (Å²) in [6, 6.07) is 0. The van der Waals surface area contributed by atoms with E-state index in [9.17, 15) is 4.79 Å². The molecule has 88 valence electrons. The molecule has 4 nitrogen and oxygen atoms in total. The summed E-state index contributed by atoms with van der Waals surface area (Å²) in [6.07, 6.45) is 1.48. The van der Waals surface area contributed by atoms with E-state index in [0.717, 1.165) is 12.8 Å². The maximum atomic E-state index is 10.7. The summed E-state index contributed by atoms with van der Waals surface area (Å²) in [4.78, 5) is 10.7. The molecule has 0 saturated heterocycles. The highest BCUT2D eigenvalue weighted by Gasteiger charge is 2.37. The molecule has 1 aliphatic carbocycles. The number of rotatable bonds is 5. The molecule has 0 bridgehead atoms. The predicted octanol–water partition coefficient (Wildman–Crippen LogP) is 1.68. The lowest BCUT2D eigenvalue weighted by molar-refractivity contribution is -0.158. The van der Waals surface area contributed by atoms with Gasteiger partial charge in [-0.25, -0.2) is 0 Å². The molecule has 0 unspecified atom stereocenters. The fourth-order valence-electron chi connectivity index (χ4n) is 1.50. The van der Waals surface area contributed by atoms with Gasteiger partial charge in [-0.1, -0.05) is 0 Å². The van der Waals surface area contributed by atoms with Gasteiger partial charge in [-0.05, 0) is 33.6 Å². The lowest BCUT2D eigenvalue weighted by Gasteiger charge is -2.33. The molecule has 0 aromatic heterocycles. The van der Waals surface area contributed by atoms with E-state index in [1.54, 1.807) is 0 Å². The average Bonchev–Trinajstić information content (AvgIpc) is 1.98.